The zero-order valence-corrected chi connectivity index (χ0v) is 6.96. The molecule has 0 saturated carbocycles. The molecule has 61 valence electrons. The molecule has 1 radical (unpaired) electrons. The molecule has 0 aliphatic rings. The van der Waals surface area contributed by atoms with Gasteiger partial charge in [0.1, 0.15) is 0 Å². The van der Waals surface area contributed by atoms with Crippen LogP contribution in [0.4, 0.5) is 0 Å². The van der Waals surface area contributed by atoms with Crippen LogP contribution in [0.15, 0.2) is 0 Å². The molecule has 0 fully saturated rings. The van der Waals surface area contributed by atoms with Gasteiger partial charge in [-0.2, -0.15) is 5.11 Å². The minimum absolute atomic E-state index is 0.0683. The molecule has 3 heteroatoms. The summed E-state index contributed by atoms with van der Waals surface area (Å²) in [5, 5.41) is 10.7. The van der Waals surface area contributed by atoms with Crippen molar-refractivity contribution in [2.45, 2.75) is 46.4 Å². The zero-order valence-electron chi connectivity index (χ0n) is 6.96. The molecule has 0 atom stereocenters. The first kappa shape index (κ1) is 9.88. The van der Waals surface area contributed by atoms with E-state index in [9.17, 15) is 5.11 Å². The quantitative estimate of drug-likeness (QED) is 0.566. The Labute approximate surface area is 62.0 Å². The van der Waals surface area contributed by atoms with Gasteiger partial charge >= 0.3 is 6.48 Å². The first-order valence-corrected chi connectivity index (χ1v) is 3.49. The topological polar surface area (TPSA) is 38.4 Å². The lowest BCUT2D eigenvalue weighted by Crippen LogP contribution is -2.22. The normalized spacial score (nSPS) is 12.0. The molecule has 0 aromatic rings. The van der Waals surface area contributed by atoms with E-state index in [0.29, 0.717) is 0 Å². The molecule has 0 aromatic carbocycles. The van der Waals surface area contributed by atoms with Crippen LogP contribution in [-0.2, 0) is 14.6 Å². The zero-order chi connectivity index (χ0) is 8.15. The Kier molecular flexibility index (Phi) is 4.60. The van der Waals surface area contributed by atoms with Crippen molar-refractivity contribution in [1.29, 1.82) is 0 Å². The van der Waals surface area contributed by atoms with Crippen molar-refractivity contribution in [3.63, 3.8) is 0 Å². The highest BCUT2D eigenvalue weighted by Gasteiger charge is 2.09. The van der Waals surface area contributed by atoms with E-state index in [1.54, 1.807) is 27.7 Å². The van der Waals surface area contributed by atoms with E-state index in [1.807, 2.05) is 0 Å². The van der Waals surface area contributed by atoms with Crippen molar-refractivity contribution in [2.75, 3.05) is 0 Å². The summed E-state index contributed by atoms with van der Waals surface area (Å²) < 4.78 is 9.57. The second-order valence-electron chi connectivity index (χ2n) is 2.66. The lowest BCUT2D eigenvalue weighted by molar-refractivity contribution is -0.316. The third-order valence-electron chi connectivity index (χ3n) is 0.767. The Morgan fingerprint density at radius 1 is 0.900 bits per heavy atom. The SMILES string of the molecule is CC(C)OC([O])OC(C)C. The van der Waals surface area contributed by atoms with Gasteiger partial charge in [0.05, 0.1) is 12.2 Å². The summed E-state index contributed by atoms with van der Waals surface area (Å²) in [4.78, 5) is 0. The van der Waals surface area contributed by atoms with Gasteiger partial charge in [0.2, 0.25) is 0 Å². The van der Waals surface area contributed by atoms with Gasteiger partial charge in [0, 0.05) is 0 Å². The Hall–Kier alpha value is -0.120. The van der Waals surface area contributed by atoms with Crippen LogP contribution in [0.1, 0.15) is 27.7 Å². The number of rotatable bonds is 4. The Morgan fingerprint density at radius 3 is 1.40 bits per heavy atom. The van der Waals surface area contributed by atoms with Gasteiger partial charge in [-0.25, -0.2) is 0 Å². The highest BCUT2D eigenvalue weighted by molar-refractivity contribution is 4.37. The van der Waals surface area contributed by atoms with Crippen LogP contribution >= 0.6 is 0 Å². The Morgan fingerprint density at radius 2 is 1.20 bits per heavy atom. The largest absolute Gasteiger partial charge is 0.325 e. The van der Waals surface area contributed by atoms with Gasteiger partial charge in [-0.05, 0) is 27.7 Å². The predicted octanol–water partition coefficient (Wildman–Crippen LogP) is 1.55. The van der Waals surface area contributed by atoms with Crippen molar-refractivity contribution < 1.29 is 14.6 Å². The van der Waals surface area contributed by atoms with E-state index in [-0.39, 0.29) is 12.2 Å². The third kappa shape index (κ3) is 6.01. The lowest BCUT2D eigenvalue weighted by Gasteiger charge is -2.15. The van der Waals surface area contributed by atoms with E-state index < -0.39 is 6.48 Å². The van der Waals surface area contributed by atoms with E-state index >= 15 is 0 Å². The van der Waals surface area contributed by atoms with Crippen molar-refractivity contribution in [3.8, 4) is 0 Å². The molecular formula is C7H15O3. The van der Waals surface area contributed by atoms with Crippen molar-refractivity contribution >= 4 is 0 Å². The summed E-state index contributed by atoms with van der Waals surface area (Å²) in [6.45, 7) is 5.87. The molecule has 0 aliphatic carbocycles. The van der Waals surface area contributed by atoms with Gasteiger partial charge in [0.15, 0.2) is 0 Å². The maximum atomic E-state index is 10.7. The molecule has 0 amide bonds. The predicted molar refractivity (Wildman–Crippen MR) is 36.9 cm³/mol. The first-order valence-electron chi connectivity index (χ1n) is 3.49. The van der Waals surface area contributed by atoms with Gasteiger partial charge < -0.3 is 9.47 Å². The monoisotopic (exact) mass is 147 g/mol. The van der Waals surface area contributed by atoms with Crippen molar-refractivity contribution in [1.82, 2.24) is 0 Å². The fourth-order valence-corrected chi connectivity index (χ4v) is 0.477. The van der Waals surface area contributed by atoms with Gasteiger partial charge in [0.25, 0.3) is 0 Å². The second-order valence-corrected chi connectivity index (χ2v) is 2.66. The molecule has 0 N–H and O–H groups in total. The molecule has 0 aliphatic heterocycles. The van der Waals surface area contributed by atoms with Gasteiger partial charge in [-0.15, -0.1) is 0 Å². The van der Waals surface area contributed by atoms with Crippen LogP contribution in [0.2, 0.25) is 0 Å². The van der Waals surface area contributed by atoms with E-state index in [2.05, 4.69) is 0 Å². The minimum Gasteiger partial charge on any atom is -0.325 e. The van der Waals surface area contributed by atoms with Gasteiger partial charge in [-0.3, -0.25) is 0 Å². The second kappa shape index (κ2) is 4.66. The summed E-state index contributed by atoms with van der Waals surface area (Å²) in [5.41, 5.74) is 0. The molecule has 0 unspecified atom stereocenters. The molecule has 3 nitrogen and oxygen atoms in total. The Bertz CT molecular complexity index is 70.9. The summed E-state index contributed by atoms with van der Waals surface area (Å²) in [6, 6.07) is 0. The summed E-state index contributed by atoms with van der Waals surface area (Å²) in [6.07, 6.45) is -0.137. The van der Waals surface area contributed by atoms with Crippen LogP contribution in [0, 0.1) is 0 Å². The fourth-order valence-electron chi connectivity index (χ4n) is 0.477. The highest BCUT2D eigenvalue weighted by atomic mass is 16.8. The molecule has 0 rings (SSSR count). The van der Waals surface area contributed by atoms with E-state index in [4.69, 9.17) is 9.47 Å². The molecule has 0 bridgehead atoms. The average molecular weight is 147 g/mol. The molecule has 0 spiro atoms. The van der Waals surface area contributed by atoms with E-state index in [0.717, 1.165) is 0 Å². The molecule has 0 heterocycles. The molecule has 0 saturated heterocycles. The summed E-state index contributed by atoms with van der Waals surface area (Å²) >= 11 is 0. The number of hydrogen-bond donors (Lipinski definition) is 0. The fraction of sp³-hybridized carbons (Fsp3) is 1.00. The smallest absolute Gasteiger partial charge is 0.301 e. The average Bonchev–Trinajstić information content (AvgIpc) is 1.58. The summed E-state index contributed by atoms with van der Waals surface area (Å²) in [5.74, 6) is 0. The minimum atomic E-state index is -1.33. The first-order chi connectivity index (χ1) is 4.52. The standard InChI is InChI=1S/C7H15O3/c1-5(2)9-7(8)10-6(3)4/h5-7H,1-4H3. The van der Waals surface area contributed by atoms with Crippen LogP contribution < -0.4 is 0 Å². The molecule has 10 heavy (non-hydrogen) atoms. The van der Waals surface area contributed by atoms with Crippen LogP contribution in [0.3, 0.4) is 0 Å². The maximum Gasteiger partial charge on any atom is 0.301 e. The van der Waals surface area contributed by atoms with Gasteiger partial charge in [-0.1, -0.05) is 0 Å². The summed E-state index contributed by atoms with van der Waals surface area (Å²) in [7, 11) is 0. The molecule has 0 aromatic heterocycles. The maximum absolute atomic E-state index is 10.7. The Balaban J connectivity index is 3.34. The molecular weight excluding hydrogens is 132 g/mol. The number of ether oxygens (including phenoxy) is 2. The third-order valence-corrected chi connectivity index (χ3v) is 0.767. The van der Waals surface area contributed by atoms with Crippen LogP contribution in [-0.4, -0.2) is 18.7 Å². The van der Waals surface area contributed by atoms with Crippen molar-refractivity contribution in [3.05, 3.63) is 0 Å². The lowest BCUT2D eigenvalue weighted by atomic mass is 10.5. The van der Waals surface area contributed by atoms with E-state index in [1.165, 1.54) is 0 Å². The highest BCUT2D eigenvalue weighted by Crippen LogP contribution is 2.00. The van der Waals surface area contributed by atoms with Crippen LogP contribution in [0.5, 0.6) is 0 Å². The van der Waals surface area contributed by atoms with Crippen molar-refractivity contribution in [2.24, 2.45) is 0 Å². The number of hydrogen-bond acceptors (Lipinski definition) is 2. The van der Waals surface area contributed by atoms with Crippen LogP contribution in [0.25, 0.3) is 0 Å².